The average molecular weight is 618 g/mol. The predicted molar refractivity (Wildman–Crippen MR) is 159 cm³/mol. The Hall–Kier alpha value is -2.16. The number of piperidine rings is 2. The molecule has 4 rings (SSSR count). The van der Waals surface area contributed by atoms with E-state index in [0.29, 0.717) is 11.1 Å². The second-order valence-corrected chi connectivity index (χ2v) is 13.8. The standard InChI is InChI=1S/2C16H24N2O2.Zn/c2*1-15(2)9-13(10-16(3,4)18(15)20)17-11-12-7-5-6-8-14(12)19;/h2*5-8,11,13,17,20H,9-10H2,1-4H3;. The number of nitrogens with one attached hydrogen (secondary N) is 2. The Morgan fingerprint density at radius 2 is 0.878 bits per heavy atom. The summed E-state index contributed by atoms with van der Waals surface area (Å²) in [7, 11) is 0. The van der Waals surface area contributed by atoms with Gasteiger partial charge in [-0.15, -0.1) is 0 Å². The third-order valence-corrected chi connectivity index (χ3v) is 8.06. The van der Waals surface area contributed by atoms with E-state index in [1.54, 1.807) is 36.7 Å². The first-order valence-electron chi connectivity index (χ1n) is 14.1. The molecule has 0 atom stereocenters. The Bertz CT molecular complexity index is 1030. The fraction of sp³-hybridized carbons (Fsp3) is 0.562. The number of allylic oxidation sites excluding steroid dienone is 10. The topological polar surface area (TPSA) is 105 Å². The fourth-order valence-corrected chi connectivity index (χ4v) is 6.39. The van der Waals surface area contributed by atoms with Gasteiger partial charge < -0.3 is 21.0 Å². The SMILES string of the molecule is CC1(C)CC(NC=C2C=CC=CC2=O)CC(C)(C)N1O.CC1(C)CC(NC=C2C=CC=CC2=O)CC(C)(C)N1O.[Zn]. The van der Waals surface area contributed by atoms with Gasteiger partial charge in [0.25, 0.3) is 0 Å². The van der Waals surface area contributed by atoms with Crippen molar-refractivity contribution in [1.82, 2.24) is 20.8 Å². The number of hydrogen-bond acceptors (Lipinski definition) is 8. The van der Waals surface area contributed by atoms with Gasteiger partial charge in [0.15, 0.2) is 11.6 Å². The Morgan fingerprint density at radius 1 is 0.610 bits per heavy atom. The molecule has 222 valence electrons. The summed E-state index contributed by atoms with van der Waals surface area (Å²) in [5.41, 5.74) is 0.201. The number of carbonyl (C=O) groups excluding carboxylic acids is 2. The zero-order valence-electron chi connectivity index (χ0n) is 26.1. The molecule has 0 unspecified atom stereocenters. The molecule has 0 aromatic heterocycles. The van der Waals surface area contributed by atoms with E-state index < -0.39 is 0 Å². The van der Waals surface area contributed by atoms with Crippen LogP contribution in [0.2, 0.25) is 0 Å². The van der Waals surface area contributed by atoms with Gasteiger partial charge >= 0.3 is 0 Å². The maximum Gasteiger partial charge on any atom is 0.187 e. The first-order valence-corrected chi connectivity index (χ1v) is 14.1. The zero-order chi connectivity index (χ0) is 29.9. The Labute approximate surface area is 258 Å². The van der Waals surface area contributed by atoms with Crippen molar-refractivity contribution in [3.05, 3.63) is 72.2 Å². The molecule has 9 heteroatoms. The smallest absolute Gasteiger partial charge is 0.187 e. The first-order chi connectivity index (χ1) is 18.4. The van der Waals surface area contributed by atoms with Crippen LogP contribution in [0.25, 0.3) is 0 Å². The summed E-state index contributed by atoms with van der Waals surface area (Å²) in [6, 6.07) is 0.478. The van der Waals surface area contributed by atoms with E-state index >= 15 is 0 Å². The summed E-state index contributed by atoms with van der Waals surface area (Å²) in [5, 5.41) is 30.1. The van der Waals surface area contributed by atoms with E-state index in [9.17, 15) is 20.0 Å². The van der Waals surface area contributed by atoms with Gasteiger partial charge in [-0.25, -0.2) is 0 Å². The molecule has 0 aromatic rings. The van der Waals surface area contributed by atoms with Crippen LogP contribution < -0.4 is 10.6 Å². The van der Waals surface area contributed by atoms with E-state index in [0.717, 1.165) is 25.7 Å². The van der Waals surface area contributed by atoms with Crippen molar-refractivity contribution in [2.45, 2.75) is 115 Å². The van der Waals surface area contributed by atoms with Gasteiger partial charge in [0.2, 0.25) is 0 Å². The molecule has 0 radical (unpaired) electrons. The maximum absolute atomic E-state index is 11.7. The van der Waals surface area contributed by atoms with Crippen LogP contribution in [0.3, 0.4) is 0 Å². The van der Waals surface area contributed by atoms with E-state index in [-0.39, 0.29) is 65.3 Å². The molecule has 4 N–H and O–H groups in total. The molecule has 0 amide bonds. The van der Waals surface area contributed by atoms with Crippen molar-refractivity contribution in [3.63, 3.8) is 0 Å². The van der Waals surface area contributed by atoms with Gasteiger partial charge in [0.1, 0.15) is 0 Å². The Balaban J connectivity index is 0.000000280. The second-order valence-electron chi connectivity index (χ2n) is 13.8. The van der Waals surface area contributed by atoms with Crippen molar-refractivity contribution in [3.8, 4) is 0 Å². The molecule has 4 aliphatic rings. The van der Waals surface area contributed by atoms with Crippen LogP contribution >= 0.6 is 0 Å². The monoisotopic (exact) mass is 616 g/mol. The van der Waals surface area contributed by atoms with Crippen LogP contribution in [0.5, 0.6) is 0 Å². The van der Waals surface area contributed by atoms with E-state index in [2.05, 4.69) is 10.6 Å². The zero-order valence-corrected chi connectivity index (χ0v) is 29.0. The molecule has 2 aliphatic heterocycles. The number of hydroxylamine groups is 4. The summed E-state index contributed by atoms with van der Waals surface area (Å²) in [5.74, 6) is 0.0521. The first kappa shape index (κ1) is 35.0. The van der Waals surface area contributed by atoms with Crippen molar-refractivity contribution >= 4 is 11.6 Å². The summed E-state index contributed by atoms with van der Waals surface area (Å²) in [6.45, 7) is 16.3. The molecule has 0 bridgehead atoms. The maximum atomic E-state index is 11.7. The number of rotatable bonds is 4. The molecule has 0 aromatic carbocycles. The van der Waals surface area contributed by atoms with Crippen molar-refractivity contribution < 1.29 is 39.5 Å². The van der Waals surface area contributed by atoms with Crippen molar-refractivity contribution in [2.24, 2.45) is 0 Å². The van der Waals surface area contributed by atoms with Crippen molar-refractivity contribution in [1.29, 1.82) is 0 Å². The summed E-state index contributed by atoms with van der Waals surface area (Å²) < 4.78 is 0. The molecule has 0 spiro atoms. The minimum Gasteiger partial charge on any atom is -0.387 e. The molecular weight excluding hydrogens is 570 g/mol. The molecule has 0 saturated carbocycles. The van der Waals surface area contributed by atoms with Gasteiger partial charge in [-0.1, -0.05) is 24.3 Å². The largest absolute Gasteiger partial charge is 0.387 e. The molecule has 2 heterocycles. The Kier molecular flexibility index (Phi) is 11.5. The number of nitrogens with zero attached hydrogens (tertiary/aromatic N) is 2. The predicted octanol–water partition coefficient (Wildman–Crippen LogP) is 5.13. The van der Waals surface area contributed by atoms with Crippen molar-refractivity contribution in [2.75, 3.05) is 0 Å². The van der Waals surface area contributed by atoms with Crippen LogP contribution in [0.1, 0.15) is 81.1 Å². The van der Waals surface area contributed by atoms with Gasteiger partial charge in [0, 0.05) is 77.3 Å². The third kappa shape index (κ3) is 8.92. The minimum atomic E-state index is -0.287. The number of hydrogen-bond donors (Lipinski definition) is 4. The molecule has 2 fully saturated rings. The summed E-state index contributed by atoms with van der Waals surface area (Å²) in [4.78, 5) is 23.4. The third-order valence-electron chi connectivity index (χ3n) is 8.06. The van der Waals surface area contributed by atoms with Crippen LogP contribution in [-0.2, 0) is 29.1 Å². The molecule has 2 aliphatic carbocycles. The van der Waals surface area contributed by atoms with Gasteiger partial charge in [0.05, 0.1) is 0 Å². The van der Waals surface area contributed by atoms with Crippen LogP contribution in [0.4, 0.5) is 0 Å². The van der Waals surface area contributed by atoms with Crippen LogP contribution in [0, 0.1) is 0 Å². The average Bonchev–Trinajstić information content (AvgIpc) is 2.85. The van der Waals surface area contributed by atoms with Gasteiger partial charge in [-0.05, 0) is 105 Å². The normalized spacial score (nSPS) is 27.4. The summed E-state index contributed by atoms with van der Waals surface area (Å²) >= 11 is 0. The molecular formula is C32H48N4O4Zn. The minimum absolute atomic E-state index is 0. The summed E-state index contributed by atoms with van der Waals surface area (Å²) in [6.07, 6.45) is 20.9. The quantitative estimate of drug-likeness (QED) is 0.254. The molecule has 8 nitrogen and oxygen atoms in total. The van der Waals surface area contributed by atoms with Crippen LogP contribution in [0.15, 0.2) is 72.2 Å². The van der Waals surface area contributed by atoms with E-state index in [1.165, 1.54) is 10.1 Å². The van der Waals surface area contributed by atoms with Gasteiger partial charge in [-0.3, -0.25) is 9.59 Å². The second kappa shape index (κ2) is 13.4. The number of ketones is 2. The Morgan fingerprint density at radius 3 is 1.15 bits per heavy atom. The van der Waals surface area contributed by atoms with Gasteiger partial charge in [-0.2, -0.15) is 10.1 Å². The van der Waals surface area contributed by atoms with Crippen LogP contribution in [-0.4, -0.2) is 66.3 Å². The molecule has 2 saturated heterocycles. The van der Waals surface area contributed by atoms with E-state index in [1.807, 2.05) is 79.7 Å². The molecule has 41 heavy (non-hydrogen) atoms. The van der Waals surface area contributed by atoms with E-state index in [4.69, 9.17) is 0 Å². The number of carbonyl (C=O) groups is 2. The fourth-order valence-electron chi connectivity index (χ4n) is 6.39.